The van der Waals surface area contributed by atoms with E-state index in [9.17, 15) is 14.9 Å². The lowest BCUT2D eigenvalue weighted by Gasteiger charge is -2.22. The third-order valence-electron chi connectivity index (χ3n) is 3.29. The average molecular weight is 263 g/mol. The monoisotopic (exact) mass is 263 g/mol. The van der Waals surface area contributed by atoms with Crippen LogP contribution in [0, 0.1) is 17.0 Å². The number of nitrogens with zero attached hydrogens (tertiary/aromatic N) is 1. The fourth-order valence-corrected chi connectivity index (χ4v) is 2.24. The highest BCUT2D eigenvalue weighted by Gasteiger charge is 2.21. The van der Waals surface area contributed by atoms with Crippen LogP contribution in [0.1, 0.15) is 24.8 Å². The number of nitrogens with one attached hydrogen (secondary N) is 2. The first kappa shape index (κ1) is 13.5. The van der Waals surface area contributed by atoms with Gasteiger partial charge in [0.2, 0.25) is 5.91 Å². The lowest BCUT2D eigenvalue weighted by molar-refractivity contribution is -0.385. The Morgan fingerprint density at radius 1 is 1.47 bits per heavy atom. The fourth-order valence-electron chi connectivity index (χ4n) is 2.24. The molecule has 6 nitrogen and oxygen atoms in total. The highest BCUT2D eigenvalue weighted by atomic mass is 16.6. The lowest BCUT2D eigenvalue weighted by atomic mass is 10.0. The largest absolute Gasteiger partial charge is 0.325 e. The van der Waals surface area contributed by atoms with Crippen molar-refractivity contribution in [3.8, 4) is 0 Å². The van der Waals surface area contributed by atoms with Crippen molar-refractivity contribution in [3.63, 3.8) is 0 Å². The number of nitro benzene ring substituents is 1. The molecule has 1 heterocycles. The summed E-state index contributed by atoms with van der Waals surface area (Å²) in [6.07, 6.45) is 2.97. The van der Waals surface area contributed by atoms with Gasteiger partial charge in [-0.25, -0.2) is 0 Å². The van der Waals surface area contributed by atoms with E-state index in [0.717, 1.165) is 25.8 Å². The number of piperidine rings is 1. The lowest BCUT2D eigenvalue weighted by Crippen LogP contribution is -2.43. The van der Waals surface area contributed by atoms with Crippen molar-refractivity contribution in [2.24, 2.45) is 0 Å². The molecule has 0 spiro atoms. The van der Waals surface area contributed by atoms with E-state index in [1.54, 1.807) is 19.1 Å². The van der Waals surface area contributed by atoms with Crippen LogP contribution in [0.25, 0.3) is 0 Å². The summed E-state index contributed by atoms with van der Waals surface area (Å²) in [7, 11) is 0. The van der Waals surface area contributed by atoms with Gasteiger partial charge in [0.1, 0.15) is 0 Å². The SMILES string of the molecule is Cc1cc(NC(=O)[C@H]2CCCCN2)ccc1[N+](=O)[O-]. The van der Waals surface area contributed by atoms with Crippen LogP contribution in [0.2, 0.25) is 0 Å². The van der Waals surface area contributed by atoms with Gasteiger partial charge in [-0.1, -0.05) is 6.42 Å². The second-order valence-electron chi connectivity index (χ2n) is 4.75. The Balaban J connectivity index is 2.04. The van der Waals surface area contributed by atoms with Gasteiger partial charge in [-0.15, -0.1) is 0 Å². The zero-order valence-corrected chi connectivity index (χ0v) is 10.8. The number of benzene rings is 1. The average Bonchev–Trinajstić information content (AvgIpc) is 2.39. The third kappa shape index (κ3) is 3.29. The van der Waals surface area contributed by atoms with Crippen molar-refractivity contribution < 1.29 is 9.72 Å². The van der Waals surface area contributed by atoms with Crippen LogP contribution in [0.3, 0.4) is 0 Å². The molecule has 102 valence electrons. The molecule has 19 heavy (non-hydrogen) atoms. The van der Waals surface area contributed by atoms with Gasteiger partial charge in [-0.2, -0.15) is 0 Å². The highest BCUT2D eigenvalue weighted by Crippen LogP contribution is 2.22. The van der Waals surface area contributed by atoms with Gasteiger partial charge in [0.25, 0.3) is 5.69 Å². The quantitative estimate of drug-likeness (QED) is 0.645. The topological polar surface area (TPSA) is 84.3 Å². The predicted octanol–water partition coefficient (Wildman–Crippen LogP) is 1.98. The Morgan fingerprint density at radius 2 is 2.26 bits per heavy atom. The molecule has 2 N–H and O–H groups in total. The Labute approximate surface area is 111 Å². The second-order valence-corrected chi connectivity index (χ2v) is 4.75. The van der Waals surface area contributed by atoms with E-state index >= 15 is 0 Å². The van der Waals surface area contributed by atoms with Crippen LogP contribution in [-0.2, 0) is 4.79 Å². The van der Waals surface area contributed by atoms with Gasteiger partial charge in [0.05, 0.1) is 11.0 Å². The van der Waals surface area contributed by atoms with E-state index in [2.05, 4.69) is 10.6 Å². The maximum Gasteiger partial charge on any atom is 0.272 e. The zero-order valence-electron chi connectivity index (χ0n) is 10.8. The van der Waals surface area contributed by atoms with Gasteiger partial charge in [-0.05, 0) is 38.4 Å². The highest BCUT2D eigenvalue weighted by molar-refractivity contribution is 5.95. The van der Waals surface area contributed by atoms with E-state index in [0.29, 0.717) is 11.3 Å². The van der Waals surface area contributed by atoms with E-state index < -0.39 is 4.92 Å². The molecule has 0 unspecified atom stereocenters. The molecular weight excluding hydrogens is 246 g/mol. The summed E-state index contributed by atoms with van der Waals surface area (Å²) >= 11 is 0. The third-order valence-corrected chi connectivity index (χ3v) is 3.29. The molecule has 1 saturated heterocycles. The first-order valence-electron chi connectivity index (χ1n) is 6.37. The van der Waals surface area contributed by atoms with E-state index in [1.807, 2.05) is 0 Å². The number of nitro groups is 1. The molecule has 0 radical (unpaired) electrons. The molecule has 1 aliphatic heterocycles. The number of amides is 1. The van der Waals surface area contributed by atoms with Crippen LogP contribution < -0.4 is 10.6 Å². The van der Waals surface area contributed by atoms with Crippen LogP contribution in [-0.4, -0.2) is 23.4 Å². The molecule has 0 aromatic heterocycles. The summed E-state index contributed by atoms with van der Waals surface area (Å²) in [6.45, 7) is 2.52. The first-order valence-corrected chi connectivity index (χ1v) is 6.37. The molecule has 1 aromatic rings. The number of rotatable bonds is 3. The number of anilines is 1. The van der Waals surface area contributed by atoms with Gasteiger partial charge >= 0.3 is 0 Å². The first-order chi connectivity index (χ1) is 9.08. The molecule has 2 rings (SSSR count). The van der Waals surface area contributed by atoms with Crippen LogP contribution in [0.5, 0.6) is 0 Å². The normalized spacial score (nSPS) is 18.9. The molecule has 1 amide bonds. The molecule has 0 aliphatic carbocycles. The number of carbonyl (C=O) groups is 1. The number of hydrogen-bond donors (Lipinski definition) is 2. The molecule has 1 atom stereocenters. The summed E-state index contributed by atoms with van der Waals surface area (Å²) in [5.74, 6) is -0.0760. The van der Waals surface area contributed by atoms with Gasteiger partial charge < -0.3 is 10.6 Å². The summed E-state index contributed by atoms with van der Waals surface area (Å²) in [6, 6.07) is 4.44. The summed E-state index contributed by atoms with van der Waals surface area (Å²) < 4.78 is 0. The van der Waals surface area contributed by atoms with Crippen molar-refractivity contribution >= 4 is 17.3 Å². The van der Waals surface area contributed by atoms with Gasteiger partial charge in [-0.3, -0.25) is 14.9 Å². The minimum absolute atomic E-state index is 0.0637. The van der Waals surface area contributed by atoms with Gasteiger partial charge in [0, 0.05) is 17.3 Å². The van der Waals surface area contributed by atoms with Gasteiger partial charge in [0.15, 0.2) is 0 Å². The van der Waals surface area contributed by atoms with E-state index in [-0.39, 0.29) is 17.6 Å². The standard InChI is InChI=1S/C13H17N3O3/c1-9-8-10(5-6-12(9)16(18)19)15-13(17)11-4-2-3-7-14-11/h5-6,8,11,14H,2-4,7H2,1H3,(H,15,17)/t11-/m1/s1. The maximum absolute atomic E-state index is 12.0. The maximum atomic E-state index is 12.0. The number of carbonyl (C=O) groups excluding carboxylic acids is 1. The zero-order chi connectivity index (χ0) is 13.8. The second kappa shape index (κ2) is 5.79. The van der Waals surface area contributed by atoms with E-state index in [4.69, 9.17) is 0 Å². The number of hydrogen-bond acceptors (Lipinski definition) is 4. The molecule has 1 aliphatic rings. The van der Waals surface area contributed by atoms with Crippen LogP contribution >= 0.6 is 0 Å². The molecule has 6 heteroatoms. The number of aryl methyl sites for hydroxylation is 1. The van der Waals surface area contributed by atoms with Crippen LogP contribution in [0.15, 0.2) is 18.2 Å². The fraction of sp³-hybridized carbons (Fsp3) is 0.462. The van der Waals surface area contributed by atoms with Crippen molar-refractivity contribution in [2.75, 3.05) is 11.9 Å². The molecule has 1 fully saturated rings. The van der Waals surface area contributed by atoms with Crippen molar-refractivity contribution in [3.05, 3.63) is 33.9 Å². The Hall–Kier alpha value is -1.95. The van der Waals surface area contributed by atoms with Crippen molar-refractivity contribution in [1.29, 1.82) is 0 Å². The molecule has 1 aromatic carbocycles. The molecular formula is C13H17N3O3. The summed E-state index contributed by atoms with van der Waals surface area (Å²) in [4.78, 5) is 22.3. The van der Waals surface area contributed by atoms with Crippen LogP contribution in [0.4, 0.5) is 11.4 Å². The summed E-state index contributed by atoms with van der Waals surface area (Å²) in [5, 5.41) is 16.7. The Kier molecular flexibility index (Phi) is 4.11. The minimum atomic E-state index is -0.427. The Morgan fingerprint density at radius 3 is 2.84 bits per heavy atom. The molecule has 0 bridgehead atoms. The molecule has 0 saturated carbocycles. The van der Waals surface area contributed by atoms with Crippen molar-refractivity contribution in [1.82, 2.24) is 5.32 Å². The van der Waals surface area contributed by atoms with E-state index in [1.165, 1.54) is 6.07 Å². The Bertz CT molecular complexity index is 496. The minimum Gasteiger partial charge on any atom is -0.325 e. The summed E-state index contributed by atoms with van der Waals surface area (Å²) in [5.41, 5.74) is 1.20. The van der Waals surface area contributed by atoms with Crippen molar-refractivity contribution in [2.45, 2.75) is 32.2 Å². The predicted molar refractivity (Wildman–Crippen MR) is 72.1 cm³/mol. The smallest absolute Gasteiger partial charge is 0.272 e.